The van der Waals surface area contributed by atoms with E-state index < -0.39 is 41.6 Å². The Labute approximate surface area is 298 Å². The first-order valence-electron chi connectivity index (χ1n) is 16.3. The van der Waals surface area contributed by atoms with Crippen molar-refractivity contribution >= 4 is 78.1 Å². The van der Waals surface area contributed by atoms with Gasteiger partial charge >= 0.3 is 0 Å². The number of rotatable bonds is 6. The molecule has 3 aliphatic rings. The third kappa shape index (κ3) is 11.2. The average molecular weight is 752 g/mol. The highest BCUT2D eigenvalue weighted by atomic mass is 32.2. The number of Topliss-reactive ketones (excluding diaryl/α,β-unsaturated/α-hetero) is 1. The summed E-state index contributed by atoms with van der Waals surface area (Å²) < 4.78 is 13.8. The number of hydrogen-bond donors (Lipinski definition) is 5. The summed E-state index contributed by atoms with van der Waals surface area (Å²) in [4.78, 5) is 102. The maximum atomic E-state index is 13.8. The van der Waals surface area contributed by atoms with E-state index in [4.69, 9.17) is 0 Å². The smallest absolute Gasteiger partial charge is 0.251 e. The molecule has 4 bridgehead atoms. The molecule has 272 valence electrons. The zero-order valence-electron chi connectivity index (χ0n) is 27.7. The molecule has 3 heterocycles. The zero-order chi connectivity index (χ0) is 36.3. The molecular weight excluding hydrogens is 709 g/mol. The summed E-state index contributed by atoms with van der Waals surface area (Å²) in [6, 6.07) is 6.23. The van der Waals surface area contributed by atoms with Crippen LogP contribution in [0.2, 0.25) is 0 Å². The van der Waals surface area contributed by atoms with Crippen LogP contribution in [0.5, 0.6) is 0 Å². The topological polar surface area (TPSA) is 220 Å². The SMILES string of the molecule is CC(=O)c1ccc(C(=O)NCCCP2(=O)NCCNC(=O)CCN3C(=O)CC(SCSC4CC(=O)N(CCC(=O)NCCN2)C4=O)C3=O)cc1. The van der Waals surface area contributed by atoms with Crippen LogP contribution in [0.3, 0.4) is 0 Å². The van der Waals surface area contributed by atoms with E-state index in [-0.39, 0.29) is 101 Å². The largest absolute Gasteiger partial charge is 0.355 e. The van der Waals surface area contributed by atoms with Gasteiger partial charge in [-0.05, 0) is 25.5 Å². The van der Waals surface area contributed by atoms with Gasteiger partial charge in [-0.25, -0.2) is 0 Å². The van der Waals surface area contributed by atoms with Gasteiger partial charge < -0.3 is 16.0 Å². The van der Waals surface area contributed by atoms with Gasteiger partial charge in [-0.2, -0.15) is 0 Å². The summed E-state index contributed by atoms with van der Waals surface area (Å²) >= 11 is 2.43. The van der Waals surface area contributed by atoms with Gasteiger partial charge in [0.2, 0.25) is 42.9 Å². The van der Waals surface area contributed by atoms with Gasteiger partial charge in [-0.1, -0.05) is 12.1 Å². The Morgan fingerprint density at radius 1 is 0.780 bits per heavy atom. The Bertz CT molecular complexity index is 1470. The predicted octanol–water partition coefficient (Wildman–Crippen LogP) is 0.0865. The number of carbonyl (C=O) groups is 8. The summed E-state index contributed by atoms with van der Waals surface area (Å²) in [5.74, 6) is -2.83. The van der Waals surface area contributed by atoms with Crippen molar-refractivity contribution in [2.75, 3.05) is 57.1 Å². The number of benzene rings is 1. The summed E-state index contributed by atoms with van der Waals surface area (Å²) in [5.41, 5.74) is 0.861. The number of imide groups is 2. The highest BCUT2D eigenvalue weighted by Gasteiger charge is 2.41. The second-order valence-electron chi connectivity index (χ2n) is 11.8. The second-order valence-corrected chi connectivity index (χ2v) is 17.1. The standard InChI is InChI=1S/C31H42N7O9PS2/c1-20(39)21-3-5-22(6-4-21)29(44)34-9-2-16-48(47)35-12-10-32-25(40)7-14-37-27(42)17-23(30(37)45)49-19-50-24-18-28(43)38(31(24)46)15-8-26(41)33-11-13-36-48/h3-6,23-24H,2,7-19H2,1H3,(H,32,40)(H,33,41)(H,34,44)(H2,35,36,47). The van der Waals surface area contributed by atoms with Crippen LogP contribution < -0.4 is 26.1 Å². The van der Waals surface area contributed by atoms with Crippen LogP contribution in [0, 0.1) is 0 Å². The predicted molar refractivity (Wildman–Crippen MR) is 187 cm³/mol. The molecule has 0 aromatic heterocycles. The van der Waals surface area contributed by atoms with Crippen molar-refractivity contribution in [3.63, 3.8) is 0 Å². The van der Waals surface area contributed by atoms with Gasteiger partial charge in [0.05, 0.1) is 10.5 Å². The molecule has 0 spiro atoms. The minimum absolute atomic E-state index is 0.0193. The van der Waals surface area contributed by atoms with E-state index in [0.29, 0.717) is 22.6 Å². The minimum atomic E-state index is -3.29. The first kappa shape index (κ1) is 39.2. The molecule has 3 aliphatic heterocycles. The van der Waals surface area contributed by atoms with Crippen LogP contribution in [-0.2, 0) is 33.3 Å². The number of amides is 7. The lowest BCUT2D eigenvalue weighted by atomic mass is 10.1. The highest BCUT2D eigenvalue weighted by molar-refractivity contribution is 8.17. The molecular formula is C31H42N7O9PS2. The van der Waals surface area contributed by atoms with E-state index in [9.17, 15) is 42.9 Å². The van der Waals surface area contributed by atoms with Crippen molar-refractivity contribution < 1.29 is 42.9 Å². The minimum Gasteiger partial charge on any atom is -0.355 e. The quantitative estimate of drug-likeness (QED) is 0.113. The van der Waals surface area contributed by atoms with E-state index in [0.717, 1.165) is 9.80 Å². The number of fused-ring (bicyclic) bond motifs is 4. The van der Waals surface area contributed by atoms with Crippen molar-refractivity contribution in [3.05, 3.63) is 35.4 Å². The fraction of sp³-hybridized carbons (Fsp3) is 0.548. The van der Waals surface area contributed by atoms with Gasteiger partial charge in [-0.3, -0.25) is 62.9 Å². The number of thioether (sulfide) groups is 2. The molecule has 7 amide bonds. The Kier molecular flexibility index (Phi) is 14.6. The van der Waals surface area contributed by atoms with E-state index in [2.05, 4.69) is 26.1 Å². The maximum Gasteiger partial charge on any atom is 0.251 e. The van der Waals surface area contributed by atoms with E-state index in [1.807, 2.05) is 0 Å². The molecule has 19 heteroatoms. The molecule has 0 radical (unpaired) electrons. The summed E-state index contributed by atoms with van der Waals surface area (Å²) in [7, 11) is -3.29. The Morgan fingerprint density at radius 2 is 1.26 bits per heavy atom. The molecule has 4 rings (SSSR count). The third-order valence-corrected chi connectivity index (χ3v) is 13.2. The average Bonchev–Trinajstić information content (AvgIpc) is 3.51. The second kappa shape index (κ2) is 18.6. The van der Waals surface area contributed by atoms with E-state index >= 15 is 0 Å². The van der Waals surface area contributed by atoms with Crippen LogP contribution in [0.1, 0.15) is 59.7 Å². The van der Waals surface area contributed by atoms with Crippen LogP contribution >= 0.6 is 31.0 Å². The van der Waals surface area contributed by atoms with Crippen molar-refractivity contribution in [2.24, 2.45) is 0 Å². The van der Waals surface area contributed by atoms with Crippen molar-refractivity contribution in [1.29, 1.82) is 0 Å². The number of nitrogens with zero attached hydrogens (tertiary/aromatic N) is 2. The van der Waals surface area contributed by atoms with Crippen LogP contribution in [0.15, 0.2) is 24.3 Å². The lowest BCUT2D eigenvalue weighted by Gasteiger charge is -2.22. The number of hydrogen-bond acceptors (Lipinski definition) is 11. The van der Waals surface area contributed by atoms with Gasteiger partial charge in [-0.15, -0.1) is 23.5 Å². The Morgan fingerprint density at radius 3 is 1.74 bits per heavy atom. The van der Waals surface area contributed by atoms with E-state index in [1.54, 1.807) is 24.3 Å². The Balaban J connectivity index is 1.33. The van der Waals surface area contributed by atoms with Gasteiger partial charge in [0.1, 0.15) is 0 Å². The molecule has 1 aromatic rings. The van der Waals surface area contributed by atoms with Crippen LogP contribution in [0.4, 0.5) is 0 Å². The molecule has 16 nitrogen and oxygen atoms in total. The van der Waals surface area contributed by atoms with Gasteiger partial charge in [0, 0.05) is 93.9 Å². The molecule has 50 heavy (non-hydrogen) atoms. The number of ketones is 1. The number of nitrogens with one attached hydrogen (secondary N) is 5. The summed E-state index contributed by atoms with van der Waals surface area (Å²) in [5, 5.41) is 13.1. The Hall–Kier alpha value is -3.57. The van der Waals surface area contributed by atoms with Crippen molar-refractivity contribution in [1.82, 2.24) is 35.9 Å². The summed E-state index contributed by atoms with van der Waals surface area (Å²) in [6.07, 6.45) is 0.190. The van der Waals surface area contributed by atoms with Crippen molar-refractivity contribution in [3.8, 4) is 0 Å². The highest BCUT2D eigenvalue weighted by Crippen LogP contribution is 2.36. The molecule has 2 unspecified atom stereocenters. The molecule has 5 N–H and O–H groups in total. The van der Waals surface area contributed by atoms with E-state index in [1.165, 1.54) is 30.4 Å². The fourth-order valence-corrected chi connectivity index (χ4v) is 10.1. The van der Waals surface area contributed by atoms with Crippen molar-refractivity contribution in [2.45, 2.75) is 49.5 Å². The lowest BCUT2D eigenvalue weighted by Crippen LogP contribution is -2.39. The zero-order valence-corrected chi connectivity index (χ0v) is 30.2. The maximum absolute atomic E-state index is 13.8. The first-order valence-corrected chi connectivity index (χ1v) is 20.3. The van der Waals surface area contributed by atoms with Gasteiger partial charge in [0.25, 0.3) is 5.91 Å². The molecule has 1 aromatic carbocycles. The summed E-state index contributed by atoms with van der Waals surface area (Å²) in [6.45, 7) is 1.94. The third-order valence-electron chi connectivity index (χ3n) is 8.19. The molecule has 0 saturated carbocycles. The number of carbonyl (C=O) groups excluding carboxylic acids is 8. The molecule has 3 fully saturated rings. The van der Waals surface area contributed by atoms with Crippen LogP contribution in [0.25, 0.3) is 0 Å². The molecule has 3 saturated heterocycles. The first-order chi connectivity index (χ1) is 23.9. The van der Waals surface area contributed by atoms with Gasteiger partial charge in [0.15, 0.2) is 5.78 Å². The lowest BCUT2D eigenvalue weighted by molar-refractivity contribution is -0.140. The molecule has 2 atom stereocenters. The molecule has 0 aliphatic carbocycles. The monoisotopic (exact) mass is 751 g/mol. The fourth-order valence-electron chi connectivity index (χ4n) is 5.40. The van der Waals surface area contributed by atoms with Crippen LogP contribution in [-0.4, -0.2) is 124 Å². The normalized spacial score (nSPS) is 25.1.